The Kier molecular flexibility index (Phi) is 4.14. The van der Waals surface area contributed by atoms with E-state index in [1.807, 2.05) is 0 Å². The molecular weight excluding hydrogens is 337 g/mol. The van der Waals surface area contributed by atoms with E-state index >= 15 is 0 Å². The standard InChI is InChI=1S/C12H12BrF3N4/c1-20-6-8(18-19-20)5-11(17)9-4-7(12(14,15)16)2-3-10(9)13/h2-4,6,11H,5,17H2,1H3. The predicted molar refractivity (Wildman–Crippen MR) is 70.8 cm³/mol. The Bertz CT molecular complexity index is 609. The molecule has 0 aliphatic rings. The number of hydrogen-bond acceptors (Lipinski definition) is 3. The van der Waals surface area contributed by atoms with Crippen molar-refractivity contribution in [2.24, 2.45) is 12.8 Å². The molecule has 0 spiro atoms. The van der Waals surface area contributed by atoms with E-state index in [9.17, 15) is 13.2 Å². The van der Waals surface area contributed by atoms with Gasteiger partial charge >= 0.3 is 6.18 Å². The van der Waals surface area contributed by atoms with Crippen LogP contribution in [0.3, 0.4) is 0 Å². The van der Waals surface area contributed by atoms with Crippen LogP contribution in [0.4, 0.5) is 13.2 Å². The van der Waals surface area contributed by atoms with Crippen molar-refractivity contribution in [3.05, 3.63) is 45.7 Å². The zero-order valence-corrected chi connectivity index (χ0v) is 12.1. The average Bonchev–Trinajstić information content (AvgIpc) is 2.73. The average molecular weight is 349 g/mol. The molecule has 2 N–H and O–H groups in total. The van der Waals surface area contributed by atoms with E-state index in [0.717, 1.165) is 12.1 Å². The van der Waals surface area contributed by atoms with Crippen molar-refractivity contribution in [1.82, 2.24) is 15.0 Å². The van der Waals surface area contributed by atoms with Crippen LogP contribution in [0, 0.1) is 0 Å². The number of nitrogens with two attached hydrogens (primary N) is 1. The van der Waals surface area contributed by atoms with Crippen LogP contribution < -0.4 is 5.73 Å². The number of alkyl halides is 3. The van der Waals surface area contributed by atoms with Crippen molar-refractivity contribution in [3.8, 4) is 0 Å². The maximum absolute atomic E-state index is 12.7. The third-order valence-electron chi connectivity index (χ3n) is 2.80. The van der Waals surface area contributed by atoms with Gasteiger partial charge in [-0.2, -0.15) is 13.2 Å². The van der Waals surface area contributed by atoms with Crippen molar-refractivity contribution in [1.29, 1.82) is 0 Å². The van der Waals surface area contributed by atoms with Gasteiger partial charge in [0.25, 0.3) is 0 Å². The van der Waals surface area contributed by atoms with Crippen molar-refractivity contribution >= 4 is 15.9 Å². The van der Waals surface area contributed by atoms with E-state index < -0.39 is 17.8 Å². The van der Waals surface area contributed by atoms with Crippen LogP contribution in [0.25, 0.3) is 0 Å². The number of aryl methyl sites for hydroxylation is 1. The molecule has 20 heavy (non-hydrogen) atoms. The lowest BCUT2D eigenvalue weighted by molar-refractivity contribution is -0.137. The Morgan fingerprint density at radius 1 is 1.40 bits per heavy atom. The van der Waals surface area contributed by atoms with Crippen LogP contribution in [-0.4, -0.2) is 15.0 Å². The first-order valence-corrected chi connectivity index (χ1v) is 6.54. The Labute approximate surface area is 121 Å². The van der Waals surface area contributed by atoms with Crippen LogP contribution >= 0.6 is 15.9 Å². The molecule has 1 unspecified atom stereocenters. The molecule has 8 heteroatoms. The Hall–Kier alpha value is -1.41. The largest absolute Gasteiger partial charge is 0.416 e. The van der Waals surface area contributed by atoms with Gasteiger partial charge in [0, 0.05) is 30.2 Å². The highest BCUT2D eigenvalue weighted by molar-refractivity contribution is 9.10. The highest BCUT2D eigenvalue weighted by Crippen LogP contribution is 2.34. The number of rotatable bonds is 3. The third-order valence-corrected chi connectivity index (χ3v) is 3.52. The van der Waals surface area contributed by atoms with Crippen molar-refractivity contribution in [2.45, 2.75) is 18.6 Å². The molecule has 0 saturated heterocycles. The van der Waals surface area contributed by atoms with Crippen LogP contribution in [0.15, 0.2) is 28.9 Å². The molecule has 0 radical (unpaired) electrons. The SMILES string of the molecule is Cn1cc(CC(N)c2cc(C(F)(F)F)ccc2Br)nn1. The number of benzene rings is 1. The summed E-state index contributed by atoms with van der Waals surface area (Å²) in [6.45, 7) is 0. The molecule has 0 saturated carbocycles. The number of hydrogen-bond donors (Lipinski definition) is 1. The van der Waals surface area contributed by atoms with Gasteiger partial charge < -0.3 is 5.73 Å². The topological polar surface area (TPSA) is 56.7 Å². The van der Waals surface area contributed by atoms with Crippen LogP contribution in [0.1, 0.15) is 22.9 Å². The maximum Gasteiger partial charge on any atom is 0.416 e. The van der Waals surface area contributed by atoms with Gasteiger partial charge in [-0.25, -0.2) is 0 Å². The summed E-state index contributed by atoms with van der Waals surface area (Å²) in [5, 5.41) is 7.64. The quantitative estimate of drug-likeness (QED) is 0.927. The zero-order valence-electron chi connectivity index (χ0n) is 10.5. The highest BCUT2D eigenvalue weighted by atomic mass is 79.9. The summed E-state index contributed by atoms with van der Waals surface area (Å²) in [6, 6.07) is 2.84. The smallest absolute Gasteiger partial charge is 0.324 e. The van der Waals surface area contributed by atoms with E-state index in [-0.39, 0.29) is 0 Å². The van der Waals surface area contributed by atoms with Gasteiger partial charge in [-0.3, -0.25) is 4.68 Å². The number of aromatic nitrogens is 3. The minimum atomic E-state index is -4.39. The second-order valence-electron chi connectivity index (χ2n) is 4.43. The molecule has 4 nitrogen and oxygen atoms in total. The van der Waals surface area contributed by atoms with Crippen LogP contribution in [0.2, 0.25) is 0 Å². The van der Waals surface area contributed by atoms with Crippen LogP contribution in [0.5, 0.6) is 0 Å². The molecule has 1 aromatic heterocycles. The van der Waals surface area contributed by atoms with Gasteiger partial charge in [0.05, 0.1) is 11.3 Å². The molecule has 1 atom stereocenters. The molecular formula is C12H12BrF3N4. The molecule has 1 heterocycles. The Morgan fingerprint density at radius 3 is 2.65 bits per heavy atom. The van der Waals surface area contributed by atoms with Crippen molar-refractivity contribution < 1.29 is 13.2 Å². The Morgan fingerprint density at radius 2 is 2.10 bits per heavy atom. The lowest BCUT2D eigenvalue weighted by Crippen LogP contribution is -2.16. The first-order chi connectivity index (χ1) is 9.27. The molecule has 2 rings (SSSR count). The van der Waals surface area contributed by atoms with Gasteiger partial charge in [-0.05, 0) is 23.8 Å². The molecule has 0 amide bonds. The summed E-state index contributed by atoms with van der Waals surface area (Å²) >= 11 is 3.23. The van der Waals surface area contributed by atoms with E-state index in [1.54, 1.807) is 13.2 Å². The van der Waals surface area contributed by atoms with Crippen LogP contribution in [-0.2, 0) is 19.6 Å². The van der Waals surface area contributed by atoms with E-state index in [2.05, 4.69) is 26.2 Å². The molecule has 1 aromatic carbocycles. The van der Waals surface area contributed by atoms with Gasteiger partial charge in [0.1, 0.15) is 0 Å². The van der Waals surface area contributed by atoms with Gasteiger partial charge in [0.15, 0.2) is 0 Å². The summed E-state index contributed by atoms with van der Waals surface area (Å²) in [6.07, 6.45) is -2.39. The Balaban J connectivity index is 2.27. The van der Waals surface area contributed by atoms with E-state index in [4.69, 9.17) is 5.73 Å². The first-order valence-electron chi connectivity index (χ1n) is 5.75. The lowest BCUT2D eigenvalue weighted by atomic mass is 10.0. The fraction of sp³-hybridized carbons (Fsp3) is 0.333. The van der Waals surface area contributed by atoms with Crippen molar-refractivity contribution in [3.63, 3.8) is 0 Å². The minimum absolute atomic E-state index is 0.313. The second kappa shape index (κ2) is 5.53. The fourth-order valence-corrected chi connectivity index (χ4v) is 2.37. The van der Waals surface area contributed by atoms with Gasteiger partial charge in [-0.15, -0.1) is 5.10 Å². The summed E-state index contributed by atoms with van der Waals surface area (Å²) in [5.74, 6) is 0. The van der Waals surface area contributed by atoms with Gasteiger partial charge in [-0.1, -0.05) is 21.1 Å². The van der Waals surface area contributed by atoms with Crippen molar-refractivity contribution in [2.75, 3.05) is 0 Å². The fourth-order valence-electron chi connectivity index (χ4n) is 1.83. The molecule has 0 bridgehead atoms. The zero-order chi connectivity index (χ0) is 14.9. The number of nitrogens with zero attached hydrogens (tertiary/aromatic N) is 3. The maximum atomic E-state index is 12.7. The van der Waals surface area contributed by atoms with E-state index in [0.29, 0.717) is 22.2 Å². The molecule has 108 valence electrons. The molecule has 2 aromatic rings. The summed E-state index contributed by atoms with van der Waals surface area (Å²) in [7, 11) is 1.71. The highest BCUT2D eigenvalue weighted by Gasteiger charge is 2.31. The number of halogens is 4. The second-order valence-corrected chi connectivity index (χ2v) is 5.28. The first kappa shape index (κ1) is 15.0. The lowest BCUT2D eigenvalue weighted by Gasteiger charge is -2.15. The van der Waals surface area contributed by atoms with Gasteiger partial charge in [0.2, 0.25) is 0 Å². The summed E-state index contributed by atoms with van der Waals surface area (Å²) < 4.78 is 40.2. The molecule has 0 aliphatic heterocycles. The third kappa shape index (κ3) is 3.37. The predicted octanol–water partition coefficient (Wildman–Crippen LogP) is 2.84. The monoisotopic (exact) mass is 348 g/mol. The minimum Gasteiger partial charge on any atom is -0.324 e. The molecule has 0 aliphatic carbocycles. The normalized spacial score (nSPS) is 13.5. The summed E-state index contributed by atoms with van der Waals surface area (Å²) in [4.78, 5) is 0. The van der Waals surface area contributed by atoms with E-state index in [1.165, 1.54) is 10.7 Å². The summed E-state index contributed by atoms with van der Waals surface area (Å²) in [5.41, 5.74) is 6.28. The molecule has 0 fully saturated rings.